The molecule has 0 amide bonds. The summed E-state index contributed by atoms with van der Waals surface area (Å²) < 4.78 is 3.22. The van der Waals surface area contributed by atoms with Gasteiger partial charge in [0.25, 0.3) is 0 Å². The molecule has 33 heavy (non-hydrogen) atoms. The first kappa shape index (κ1) is 20.9. The molecular weight excluding hydrogens is 428 g/mol. The van der Waals surface area contributed by atoms with Crippen molar-refractivity contribution in [3.8, 4) is 22.5 Å². The van der Waals surface area contributed by atoms with Gasteiger partial charge >= 0.3 is 0 Å². The molecule has 0 fully saturated rings. The van der Waals surface area contributed by atoms with Crippen LogP contribution in [0.3, 0.4) is 0 Å². The number of aromatic nitrogens is 4. The van der Waals surface area contributed by atoms with Gasteiger partial charge in [0, 0.05) is 24.2 Å². The van der Waals surface area contributed by atoms with E-state index in [2.05, 4.69) is 38.2 Å². The zero-order valence-corrected chi connectivity index (χ0v) is 18.9. The van der Waals surface area contributed by atoms with E-state index >= 15 is 0 Å². The van der Waals surface area contributed by atoms with Crippen molar-refractivity contribution in [3.63, 3.8) is 0 Å². The number of pyridine rings is 2. The number of benzene rings is 2. The van der Waals surface area contributed by atoms with E-state index < -0.39 is 0 Å². The van der Waals surface area contributed by atoms with E-state index in [1.807, 2.05) is 60.9 Å². The summed E-state index contributed by atoms with van der Waals surface area (Å²) in [4.78, 5) is 18.7. The Balaban J connectivity index is 1.66. The summed E-state index contributed by atoms with van der Waals surface area (Å²) >= 11 is 1.52. The number of rotatable bonds is 7. The third kappa shape index (κ3) is 4.63. The Labute approximate surface area is 196 Å². The number of fused-ring (bicyclic) bond motifs is 1. The fourth-order valence-corrected chi connectivity index (χ4v) is 4.06. The van der Waals surface area contributed by atoms with Crippen LogP contribution in [0.5, 0.6) is 0 Å². The van der Waals surface area contributed by atoms with Crippen LogP contribution in [0.2, 0.25) is 0 Å². The molecule has 3 heterocycles. The standard InChI is InChI=1S/C26H22N6S/c1-33-32-21-14-19(15-27-16-21)25-30-23-12-7-11-22(18-8-3-2-4-9-18)24(23)26(31-25)29-17-20-10-5-6-13-28-20/h2-16,32H,17H2,1H3,(H,29,30,31). The topological polar surface area (TPSA) is 75.6 Å². The Bertz CT molecular complexity index is 1380. The summed E-state index contributed by atoms with van der Waals surface area (Å²) in [6.45, 7) is 0.557. The zero-order valence-electron chi connectivity index (χ0n) is 18.1. The van der Waals surface area contributed by atoms with Crippen molar-refractivity contribution in [3.05, 3.63) is 97.1 Å². The molecule has 0 atom stereocenters. The summed E-state index contributed by atoms with van der Waals surface area (Å²) in [5, 5.41) is 4.49. The highest BCUT2D eigenvalue weighted by atomic mass is 32.2. The fourth-order valence-electron chi connectivity index (χ4n) is 3.71. The molecule has 0 aliphatic rings. The number of hydrogen-bond acceptors (Lipinski definition) is 7. The highest BCUT2D eigenvalue weighted by Gasteiger charge is 2.15. The zero-order chi connectivity index (χ0) is 22.5. The molecule has 6 nitrogen and oxygen atoms in total. The van der Waals surface area contributed by atoms with Gasteiger partial charge in [0.15, 0.2) is 5.82 Å². The van der Waals surface area contributed by atoms with E-state index in [1.54, 1.807) is 18.6 Å². The second-order valence-electron chi connectivity index (χ2n) is 7.40. The van der Waals surface area contributed by atoms with Gasteiger partial charge in [-0.15, -0.1) is 0 Å². The van der Waals surface area contributed by atoms with Gasteiger partial charge in [0.05, 0.1) is 35.0 Å². The molecule has 5 aromatic rings. The Morgan fingerprint density at radius 2 is 1.73 bits per heavy atom. The SMILES string of the molecule is CSNc1cncc(-c2nc(NCc3ccccn3)c3c(-c4ccccc4)cccc3n2)c1. The van der Waals surface area contributed by atoms with Crippen molar-refractivity contribution in [2.24, 2.45) is 0 Å². The minimum absolute atomic E-state index is 0.557. The second kappa shape index (κ2) is 9.67. The van der Waals surface area contributed by atoms with Crippen molar-refractivity contribution >= 4 is 34.4 Å². The smallest absolute Gasteiger partial charge is 0.163 e. The molecule has 2 N–H and O–H groups in total. The van der Waals surface area contributed by atoms with Crippen LogP contribution in [0, 0.1) is 0 Å². The quantitative estimate of drug-likeness (QED) is 0.292. The lowest BCUT2D eigenvalue weighted by atomic mass is 10.0. The number of hydrogen-bond donors (Lipinski definition) is 2. The predicted octanol–water partition coefficient (Wildman–Crippen LogP) is 6.06. The third-order valence-corrected chi connectivity index (χ3v) is 5.63. The Morgan fingerprint density at radius 3 is 2.55 bits per heavy atom. The molecule has 5 rings (SSSR count). The lowest BCUT2D eigenvalue weighted by Gasteiger charge is -2.14. The van der Waals surface area contributed by atoms with Crippen molar-refractivity contribution in [1.82, 2.24) is 19.9 Å². The molecule has 162 valence electrons. The van der Waals surface area contributed by atoms with Crippen molar-refractivity contribution in [2.75, 3.05) is 16.3 Å². The van der Waals surface area contributed by atoms with Gasteiger partial charge in [-0.05, 0) is 35.4 Å². The molecule has 0 spiro atoms. The van der Waals surface area contributed by atoms with Crippen LogP contribution < -0.4 is 10.0 Å². The van der Waals surface area contributed by atoms with E-state index in [0.29, 0.717) is 12.4 Å². The van der Waals surface area contributed by atoms with Crippen LogP contribution in [0.1, 0.15) is 5.69 Å². The first-order valence-electron chi connectivity index (χ1n) is 10.6. The maximum atomic E-state index is 4.95. The molecule has 7 heteroatoms. The molecule has 0 unspecified atom stereocenters. The summed E-state index contributed by atoms with van der Waals surface area (Å²) in [5.74, 6) is 1.39. The van der Waals surface area contributed by atoms with E-state index in [9.17, 15) is 0 Å². The van der Waals surface area contributed by atoms with Crippen LogP contribution in [0.25, 0.3) is 33.4 Å². The molecule has 2 aromatic carbocycles. The monoisotopic (exact) mass is 450 g/mol. The fraction of sp³-hybridized carbons (Fsp3) is 0.0769. The highest BCUT2D eigenvalue weighted by molar-refractivity contribution is 7.99. The molecule has 0 aliphatic heterocycles. The Kier molecular flexibility index (Phi) is 6.12. The summed E-state index contributed by atoms with van der Waals surface area (Å²) in [5.41, 5.74) is 5.77. The number of nitrogens with one attached hydrogen (secondary N) is 2. The average Bonchev–Trinajstić information content (AvgIpc) is 2.88. The van der Waals surface area contributed by atoms with Gasteiger partial charge in [-0.2, -0.15) is 0 Å². The molecule has 0 bridgehead atoms. The van der Waals surface area contributed by atoms with Gasteiger partial charge in [-0.3, -0.25) is 9.97 Å². The summed E-state index contributed by atoms with van der Waals surface area (Å²) in [6.07, 6.45) is 7.35. The minimum Gasteiger partial charge on any atom is -0.364 e. The van der Waals surface area contributed by atoms with E-state index in [0.717, 1.165) is 44.8 Å². The molecule has 3 aromatic heterocycles. The molecule has 0 radical (unpaired) electrons. The first-order valence-corrected chi connectivity index (χ1v) is 11.8. The van der Waals surface area contributed by atoms with Gasteiger partial charge in [-0.1, -0.05) is 60.5 Å². The van der Waals surface area contributed by atoms with Gasteiger partial charge in [0.2, 0.25) is 0 Å². The third-order valence-electron chi connectivity index (χ3n) is 5.19. The Morgan fingerprint density at radius 1 is 0.848 bits per heavy atom. The Hall–Kier alpha value is -3.97. The lowest BCUT2D eigenvalue weighted by molar-refractivity contribution is 1.03. The van der Waals surface area contributed by atoms with Crippen LogP contribution in [0.4, 0.5) is 11.5 Å². The van der Waals surface area contributed by atoms with Gasteiger partial charge in [-0.25, -0.2) is 9.97 Å². The molecule has 0 saturated carbocycles. The minimum atomic E-state index is 0.557. The average molecular weight is 451 g/mol. The van der Waals surface area contributed by atoms with Crippen LogP contribution >= 0.6 is 11.9 Å². The van der Waals surface area contributed by atoms with E-state index in [1.165, 1.54) is 11.9 Å². The summed E-state index contributed by atoms with van der Waals surface area (Å²) in [7, 11) is 0. The van der Waals surface area contributed by atoms with Crippen LogP contribution in [0.15, 0.2) is 91.4 Å². The maximum Gasteiger partial charge on any atom is 0.163 e. The van der Waals surface area contributed by atoms with Crippen LogP contribution in [-0.2, 0) is 6.54 Å². The van der Waals surface area contributed by atoms with Gasteiger partial charge in [0.1, 0.15) is 5.82 Å². The lowest BCUT2D eigenvalue weighted by Crippen LogP contribution is -2.06. The van der Waals surface area contributed by atoms with Gasteiger partial charge < -0.3 is 10.0 Å². The van der Waals surface area contributed by atoms with Crippen molar-refractivity contribution < 1.29 is 0 Å². The molecule has 0 aliphatic carbocycles. The van der Waals surface area contributed by atoms with E-state index in [-0.39, 0.29) is 0 Å². The normalized spacial score (nSPS) is 10.8. The molecular formula is C26H22N6S. The number of nitrogens with zero attached hydrogens (tertiary/aromatic N) is 4. The largest absolute Gasteiger partial charge is 0.364 e. The van der Waals surface area contributed by atoms with Crippen molar-refractivity contribution in [1.29, 1.82) is 0 Å². The molecule has 0 saturated heterocycles. The number of anilines is 2. The van der Waals surface area contributed by atoms with Crippen LogP contribution in [-0.4, -0.2) is 26.2 Å². The van der Waals surface area contributed by atoms with E-state index in [4.69, 9.17) is 9.97 Å². The van der Waals surface area contributed by atoms with Crippen molar-refractivity contribution in [2.45, 2.75) is 6.54 Å². The summed E-state index contributed by atoms with van der Waals surface area (Å²) in [6, 6.07) is 24.4. The second-order valence-corrected chi connectivity index (χ2v) is 8.02. The highest BCUT2D eigenvalue weighted by Crippen LogP contribution is 2.34. The maximum absolute atomic E-state index is 4.95. The predicted molar refractivity (Wildman–Crippen MR) is 137 cm³/mol. The first-order chi connectivity index (χ1) is 16.3.